The number of thioether (sulfide) groups is 1. The molecule has 0 aliphatic carbocycles. The van der Waals surface area contributed by atoms with Crippen LogP contribution in [0.2, 0.25) is 0 Å². The Morgan fingerprint density at radius 1 is 1.53 bits per heavy atom. The zero-order chi connectivity index (χ0) is 11.3. The van der Waals surface area contributed by atoms with Gasteiger partial charge in [0.1, 0.15) is 0 Å². The number of nitrogens with one attached hydrogen (secondary N) is 1. The van der Waals surface area contributed by atoms with Gasteiger partial charge >= 0.3 is 0 Å². The molecule has 1 N–H and O–H groups in total. The maximum absolute atomic E-state index is 11.1. The van der Waals surface area contributed by atoms with Crippen LogP contribution in [0.5, 0.6) is 0 Å². The minimum Gasteiger partial charge on any atom is -0.354 e. The van der Waals surface area contributed by atoms with Gasteiger partial charge < -0.3 is 5.32 Å². The zero-order valence-corrected chi connectivity index (χ0v) is 9.57. The van der Waals surface area contributed by atoms with Crippen LogP contribution in [0.4, 0.5) is 4.79 Å². The first-order chi connectivity index (χ1) is 7.15. The van der Waals surface area contributed by atoms with Crippen molar-refractivity contribution < 1.29 is 14.4 Å². The molecule has 84 valence electrons. The molecule has 0 saturated carbocycles. The highest BCUT2D eigenvalue weighted by Gasteiger charge is 2.29. The van der Waals surface area contributed by atoms with Crippen LogP contribution in [0.3, 0.4) is 0 Å². The topological polar surface area (TPSA) is 66.5 Å². The van der Waals surface area contributed by atoms with Gasteiger partial charge in [0.25, 0.3) is 5.24 Å². The Labute approximate surface area is 96.5 Å². The fourth-order valence-electron chi connectivity index (χ4n) is 1.08. The lowest BCUT2D eigenvalue weighted by Crippen LogP contribution is -2.37. The summed E-state index contributed by atoms with van der Waals surface area (Å²) >= 11 is 6.35. The first-order valence-electron chi connectivity index (χ1n) is 4.45. The summed E-state index contributed by atoms with van der Waals surface area (Å²) in [4.78, 5) is 34.4. The number of carbonyl (C=O) groups is 3. The molecule has 15 heavy (non-hydrogen) atoms. The molecule has 1 heterocycles. The molecule has 0 aromatic rings. The Balaban J connectivity index is 2.22. The number of carbonyl (C=O) groups excluding carboxylic acids is 3. The fourth-order valence-corrected chi connectivity index (χ4v) is 2.00. The summed E-state index contributed by atoms with van der Waals surface area (Å²) in [5, 5.41) is 2.33. The first kappa shape index (κ1) is 12.3. The minimum atomic E-state index is -0.244. The maximum atomic E-state index is 11.1. The lowest BCUT2D eigenvalue weighted by atomic mass is 10.4. The average Bonchev–Trinajstić information content (AvgIpc) is 2.49. The van der Waals surface area contributed by atoms with Crippen LogP contribution in [0.15, 0.2) is 0 Å². The number of hydrogen-bond acceptors (Lipinski definition) is 4. The van der Waals surface area contributed by atoms with E-state index in [-0.39, 0.29) is 48.2 Å². The van der Waals surface area contributed by atoms with E-state index in [1.807, 2.05) is 0 Å². The van der Waals surface area contributed by atoms with E-state index in [1.54, 1.807) is 0 Å². The normalized spacial score (nSPS) is 15.9. The number of alkyl halides is 1. The molecule has 7 heteroatoms. The molecule has 0 radical (unpaired) electrons. The minimum absolute atomic E-state index is 0.170. The van der Waals surface area contributed by atoms with E-state index in [9.17, 15) is 14.4 Å². The third kappa shape index (κ3) is 3.71. The molecule has 0 bridgehead atoms. The standard InChI is InChI=1S/C8H11ClN2O3S/c9-2-1-6(12)10-3-4-11-7(13)5-15-8(11)14/h1-5H2,(H,10,12). The van der Waals surface area contributed by atoms with E-state index < -0.39 is 0 Å². The summed E-state index contributed by atoms with van der Waals surface area (Å²) in [5.74, 6) is 0.103. The highest BCUT2D eigenvalue weighted by molar-refractivity contribution is 8.14. The third-order valence-electron chi connectivity index (χ3n) is 1.82. The van der Waals surface area contributed by atoms with Crippen LogP contribution in [-0.2, 0) is 9.59 Å². The lowest BCUT2D eigenvalue weighted by molar-refractivity contribution is -0.125. The van der Waals surface area contributed by atoms with Gasteiger partial charge in [0.2, 0.25) is 11.8 Å². The van der Waals surface area contributed by atoms with Crippen molar-refractivity contribution in [2.75, 3.05) is 24.7 Å². The predicted molar refractivity (Wildman–Crippen MR) is 57.9 cm³/mol. The summed E-state index contributed by atoms with van der Waals surface area (Å²) in [6, 6.07) is 0. The Morgan fingerprint density at radius 2 is 2.27 bits per heavy atom. The van der Waals surface area contributed by atoms with Gasteiger partial charge in [0.05, 0.1) is 5.75 Å². The first-order valence-corrected chi connectivity index (χ1v) is 5.97. The number of rotatable bonds is 5. The largest absolute Gasteiger partial charge is 0.354 e. The zero-order valence-electron chi connectivity index (χ0n) is 7.99. The molecule has 3 amide bonds. The molecule has 1 aliphatic rings. The van der Waals surface area contributed by atoms with E-state index in [2.05, 4.69) is 5.32 Å². The summed E-state index contributed by atoms with van der Waals surface area (Å²) in [6.07, 6.45) is 0.248. The second kappa shape index (κ2) is 5.97. The van der Waals surface area contributed by atoms with Crippen molar-refractivity contribution in [2.45, 2.75) is 6.42 Å². The summed E-state index contributed by atoms with van der Waals surface area (Å²) in [7, 11) is 0. The molecular weight excluding hydrogens is 240 g/mol. The van der Waals surface area contributed by atoms with E-state index in [0.717, 1.165) is 16.7 Å². The quantitative estimate of drug-likeness (QED) is 0.719. The summed E-state index contributed by atoms with van der Waals surface area (Å²) < 4.78 is 0. The molecule has 1 aliphatic heterocycles. The monoisotopic (exact) mass is 250 g/mol. The van der Waals surface area contributed by atoms with Crippen LogP contribution in [-0.4, -0.2) is 46.7 Å². The van der Waals surface area contributed by atoms with E-state index in [4.69, 9.17) is 11.6 Å². The van der Waals surface area contributed by atoms with Crippen molar-refractivity contribution in [3.05, 3.63) is 0 Å². The lowest BCUT2D eigenvalue weighted by Gasteiger charge is -2.12. The number of halogens is 1. The molecule has 1 fully saturated rings. The number of amides is 3. The highest BCUT2D eigenvalue weighted by atomic mass is 35.5. The van der Waals surface area contributed by atoms with Crippen LogP contribution in [0, 0.1) is 0 Å². The second-order valence-electron chi connectivity index (χ2n) is 2.89. The fraction of sp³-hybridized carbons (Fsp3) is 0.625. The molecule has 0 spiro atoms. The van der Waals surface area contributed by atoms with Crippen molar-refractivity contribution in [3.63, 3.8) is 0 Å². The van der Waals surface area contributed by atoms with E-state index in [0.29, 0.717) is 0 Å². The highest BCUT2D eigenvalue weighted by Crippen LogP contribution is 2.17. The molecule has 0 aromatic carbocycles. The Hall–Kier alpha value is -0.750. The van der Waals surface area contributed by atoms with Gasteiger partial charge in [-0.2, -0.15) is 0 Å². The van der Waals surface area contributed by atoms with Crippen molar-refractivity contribution >= 4 is 40.4 Å². The smallest absolute Gasteiger partial charge is 0.288 e. The maximum Gasteiger partial charge on any atom is 0.288 e. The van der Waals surface area contributed by atoms with Crippen molar-refractivity contribution in [1.29, 1.82) is 0 Å². The molecule has 0 unspecified atom stereocenters. The van der Waals surface area contributed by atoms with Gasteiger partial charge in [0.15, 0.2) is 0 Å². The van der Waals surface area contributed by atoms with Gasteiger partial charge in [0, 0.05) is 25.4 Å². The third-order valence-corrected chi connectivity index (χ3v) is 2.87. The summed E-state index contributed by atoms with van der Waals surface area (Å²) in [6.45, 7) is 0.520. The number of imide groups is 1. The van der Waals surface area contributed by atoms with Crippen LogP contribution in [0.25, 0.3) is 0 Å². The van der Waals surface area contributed by atoms with Crippen molar-refractivity contribution in [3.8, 4) is 0 Å². The van der Waals surface area contributed by atoms with Crippen molar-refractivity contribution in [2.24, 2.45) is 0 Å². The van der Waals surface area contributed by atoms with Gasteiger partial charge in [-0.25, -0.2) is 0 Å². The molecule has 0 atom stereocenters. The Kier molecular flexibility index (Phi) is 4.90. The van der Waals surface area contributed by atoms with Gasteiger partial charge in [-0.3, -0.25) is 19.3 Å². The van der Waals surface area contributed by atoms with E-state index >= 15 is 0 Å². The van der Waals surface area contributed by atoms with Crippen LogP contribution >= 0.6 is 23.4 Å². The molecule has 5 nitrogen and oxygen atoms in total. The van der Waals surface area contributed by atoms with Gasteiger partial charge in [-0.1, -0.05) is 11.8 Å². The Morgan fingerprint density at radius 3 is 2.80 bits per heavy atom. The van der Waals surface area contributed by atoms with E-state index in [1.165, 1.54) is 0 Å². The second-order valence-corrected chi connectivity index (χ2v) is 4.19. The number of hydrogen-bond donors (Lipinski definition) is 1. The van der Waals surface area contributed by atoms with Crippen LogP contribution < -0.4 is 5.32 Å². The van der Waals surface area contributed by atoms with Gasteiger partial charge in [-0.05, 0) is 0 Å². The molecule has 0 aromatic heterocycles. The Bertz CT molecular complexity index is 269. The predicted octanol–water partition coefficient (Wildman–Crippen LogP) is 0.427. The summed E-state index contributed by atoms with van der Waals surface area (Å²) in [5.41, 5.74) is 0. The van der Waals surface area contributed by atoms with Gasteiger partial charge in [-0.15, -0.1) is 11.6 Å². The molecular formula is C8H11ClN2O3S. The molecule has 1 rings (SSSR count). The molecule has 1 saturated heterocycles. The van der Waals surface area contributed by atoms with Crippen molar-refractivity contribution in [1.82, 2.24) is 10.2 Å². The van der Waals surface area contributed by atoms with Crippen LogP contribution in [0.1, 0.15) is 6.42 Å². The number of nitrogens with zero attached hydrogens (tertiary/aromatic N) is 1. The SMILES string of the molecule is O=C(CCCl)NCCN1C(=O)CSC1=O. The average molecular weight is 251 g/mol.